The van der Waals surface area contributed by atoms with Crippen molar-refractivity contribution in [3.63, 3.8) is 0 Å². The molecule has 0 aromatic heterocycles. The summed E-state index contributed by atoms with van der Waals surface area (Å²) in [5.41, 5.74) is 5.53. The Morgan fingerprint density at radius 2 is 1.50 bits per heavy atom. The van der Waals surface area contributed by atoms with Gasteiger partial charge in [0, 0.05) is 5.56 Å². The zero-order valence-electron chi connectivity index (χ0n) is 17.0. The number of halogens is 4. The Morgan fingerprint density at radius 1 is 0.767 bits per heavy atom. The molecule has 0 saturated heterocycles. The zero-order chi connectivity index (χ0) is 21.3. The molecule has 0 aliphatic heterocycles. The van der Waals surface area contributed by atoms with Gasteiger partial charge in [-0.3, -0.25) is 0 Å². The van der Waals surface area contributed by atoms with Gasteiger partial charge in [0.05, 0.1) is 5.56 Å². The van der Waals surface area contributed by atoms with E-state index < -0.39 is 17.6 Å². The Kier molecular flexibility index (Phi) is 5.68. The number of benzene rings is 3. The van der Waals surface area contributed by atoms with Gasteiger partial charge < -0.3 is 0 Å². The molecule has 3 aromatic carbocycles. The molecule has 0 fully saturated rings. The summed E-state index contributed by atoms with van der Waals surface area (Å²) in [6, 6.07) is 14.4. The van der Waals surface area contributed by atoms with E-state index in [9.17, 15) is 17.6 Å². The number of alkyl halides is 3. The molecule has 0 spiro atoms. The fraction of sp³-hybridized carbons (Fsp3) is 0.308. The van der Waals surface area contributed by atoms with Crippen LogP contribution in [0.15, 0.2) is 54.6 Å². The first-order valence-electron chi connectivity index (χ1n) is 10.5. The van der Waals surface area contributed by atoms with Crippen molar-refractivity contribution in [1.29, 1.82) is 0 Å². The van der Waals surface area contributed by atoms with Crippen LogP contribution in [-0.4, -0.2) is 0 Å². The van der Waals surface area contributed by atoms with Gasteiger partial charge in [-0.1, -0.05) is 56.5 Å². The maximum atomic E-state index is 14.9. The molecule has 0 amide bonds. The third-order valence-corrected chi connectivity index (χ3v) is 5.88. The van der Waals surface area contributed by atoms with Gasteiger partial charge in [-0.2, -0.15) is 13.2 Å². The lowest BCUT2D eigenvalue weighted by atomic mass is 9.97. The summed E-state index contributed by atoms with van der Waals surface area (Å²) in [5, 5.41) is 0. The van der Waals surface area contributed by atoms with E-state index >= 15 is 0 Å². The smallest absolute Gasteiger partial charge is 0.206 e. The summed E-state index contributed by atoms with van der Waals surface area (Å²) in [7, 11) is 0. The topological polar surface area (TPSA) is 0 Å². The maximum Gasteiger partial charge on any atom is 0.416 e. The molecule has 0 unspecified atom stereocenters. The Morgan fingerprint density at radius 3 is 2.20 bits per heavy atom. The predicted molar refractivity (Wildman–Crippen MR) is 113 cm³/mol. The fourth-order valence-electron chi connectivity index (χ4n) is 4.25. The van der Waals surface area contributed by atoms with Crippen molar-refractivity contribution in [2.75, 3.05) is 0 Å². The number of aryl methyl sites for hydroxylation is 1. The molecule has 0 radical (unpaired) electrons. The second-order valence-corrected chi connectivity index (χ2v) is 8.04. The van der Waals surface area contributed by atoms with Gasteiger partial charge >= 0.3 is 6.18 Å². The van der Waals surface area contributed by atoms with Gasteiger partial charge in [0.25, 0.3) is 0 Å². The molecule has 30 heavy (non-hydrogen) atoms. The average Bonchev–Trinajstić information content (AvgIpc) is 3.07. The van der Waals surface area contributed by atoms with Gasteiger partial charge in [0.1, 0.15) is 5.82 Å². The van der Waals surface area contributed by atoms with Crippen molar-refractivity contribution in [3.8, 4) is 22.3 Å². The SMILES string of the molecule is CCCCCCc1ccc2c(c1)Cc1cc(-c3ccc(C(F)(F)F)cc3)c(F)cc1-2. The molecule has 0 bridgehead atoms. The molecule has 4 heteroatoms. The van der Waals surface area contributed by atoms with Gasteiger partial charge in [-0.25, -0.2) is 4.39 Å². The van der Waals surface area contributed by atoms with Crippen LogP contribution in [0.25, 0.3) is 22.3 Å². The summed E-state index contributed by atoms with van der Waals surface area (Å²) in [6.45, 7) is 2.20. The van der Waals surface area contributed by atoms with Crippen LogP contribution in [0.1, 0.15) is 54.9 Å². The molecule has 4 rings (SSSR count). The van der Waals surface area contributed by atoms with Gasteiger partial charge in [0.15, 0.2) is 0 Å². The van der Waals surface area contributed by atoms with Crippen LogP contribution >= 0.6 is 0 Å². The van der Waals surface area contributed by atoms with Crippen molar-refractivity contribution in [3.05, 3.63) is 82.7 Å². The standard InChI is InChI=1S/C26H24F4/c1-2-3-4-5-6-17-7-12-22-19(13-17)14-20-15-24(25(27)16-23(20)22)18-8-10-21(11-9-18)26(28,29)30/h7-13,15-16H,2-6,14H2,1H3. The van der Waals surface area contributed by atoms with Gasteiger partial charge in [-0.05, 0) is 76.9 Å². The molecular weight excluding hydrogens is 388 g/mol. The van der Waals surface area contributed by atoms with Crippen LogP contribution in [0.3, 0.4) is 0 Å². The minimum atomic E-state index is -4.40. The van der Waals surface area contributed by atoms with E-state index in [-0.39, 0.29) is 0 Å². The van der Waals surface area contributed by atoms with Gasteiger partial charge in [0.2, 0.25) is 0 Å². The Bertz CT molecular complexity index is 1050. The first-order valence-corrected chi connectivity index (χ1v) is 10.5. The fourth-order valence-corrected chi connectivity index (χ4v) is 4.25. The van der Waals surface area contributed by atoms with Crippen LogP contribution in [0, 0.1) is 5.82 Å². The summed E-state index contributed by atoms with van der Waals surface area (Å²) in [4.78, 5) is 0. The molecule has 0 N–H and O–H groups in total. The Hall–Kier alpha value is -2.62. The lowest BCUT2D eigenvalue weighted by Crippen LogP contribution is -2.04. The number of rotatable bonds is 6. The summed E-state index contributed by atoms with van der Waals surface area (Å²) in [6.07, 6.45) is 2.25. The second kappa shape index (κ2) is 8.25. The van der Waals surface area contributed by atoms with E-state index in [1.807, 2.05) is 0 Å². The third kappa shape index (κ3) is 4.14. The van der Waals surface area contributed by atoms with Gasteiger partial charge in [-0.15, -0.1) is 0 Å². The first kappa shape index (κ1) is 20.6. The molecule has 3 aromatic rings. The van der Waals surface area contributed by atoms with E-state index in [1.54, 1.807) is 6.07 Å². The van der Waals surface area contributed by atoms with Crippen LogP contribution in [0.2, 0.25) is 0 Å². The molecule has 156 valence electrons. The van der Waals surface area contributed by atoms with Crippen molar-refractivity contribution < 1.29 is 17.6 Å². The molecule has 1 aliphatic carbocycles. The monoisotopic (exact) mass is 412 g/mol. The molecule has 0 atom stereocenters. The Balaban J connectivity index is 1.58. The number of hydrogen-bond donors (Lipinski definition) is 0. The minimum absolute atomic E-state index is 0.343. The summed E-state index contributed by atoms with van der Waals surface area (Å²) < 4.78 is 53.3. The number of unbranched alkanes of at least 4 members (excludes halogenated alkanes) is 3. The van der Waals surface area contributed by atoms with E-state index in [4.69, 9.17) is 0 Å². The molecule has 1 aliphatic rings. The van der Waals surface area contributed by atoms with Crippen molar-refractivity contribution in [2.45, 2.75) is 51.6 Å². The van der Waals surface area contributed by atoms with Crippen LogP contribution in [-0.2, 0) is 19.0 Å². The van der Waals surface area contributed by atoms with Crippen molar-refractivity contribution in [2.24, 2.45) is 0 Å². The van der Waals surface area contributed by atoms with Crippen molar-refractivity contribution >= 4 is 0 Å². The number of hydrogen-bond acceptors (Lipinski definition) is 0. The Labute approximate surface area is 174 Å². The van der Waals surface area contributed by atoms with Crippen molar-refractivity contribution in [1.82, 2.24) is 0 Å². The first-order chi connectivity index (χ1) is 14.4. The maximum absolute atomic E-state index is 14.9. The number of fused-ring (bicyclic) bond motifs is 3. The lowest BCUT2D eigenvalue weighted by molar-refractivity contribution is -0.137. The highest BCUT2D eigenvalue weighted by Crippen LogP contribution is 2.41. The third-order valence-electron chi connectivity index (χ3n) is 5.88. The molecule has 0 heterocycles. The van der Waals surface area contributed by atoms with Crippen LogP contribution < -0.4 is 0 Å². The lowest BCUT2D eigenvalue weighted by Gasteiger charge is -2.10. The average molecular weight is 412 g/mol. The van der Waals surface area contributed by atoms with E-state index in [2.05, 4.69) is 25.1 Å². The largest absolute Gasteiger partial charge is 0.416 e. The highest BCUT2D eigenvalue weighted by molar-refractivity contribution is 5.80. The van der Waals surface area contributed by atoms with E-state index in [0.717, 1.165) is 41.7 Å². The normalized spacial score (nSPS) is 12.7. The van der Waals surface area contributed by atoms with Crippen LogP contribution in [0.5, 0.6) is 0 Å². The quantitative estimate of drug-likeness (QED) is 0.221. The van der Waals surface area contributed by atoms with Crippen LogP contribution in [0.4, 0.5) is 17.6 Å². The highest BCUT2D eigenvalue weighted by Gasteiger charge is 2.30. The molecular formula is C26H24F4. The zero-order valence-corrected chi connectivity index (χ0v) is 17.0. The summed E-state index contributed by atoms with van der Waals surface area (Å²) >= 11 is 0. The summed E-state index contributed by atoms with van der Waals surface area (Å²) in [5.74, 6) is -0.412. The van der Waals surface area contributed by atoms with E-state index in [0.29, 0.717) is 11.1 Å². The molecule has 0 nitrogen and oxygen atoms in total. The minimum Gasteiger partial charge on any atom is -0.206 e. The van der Waals surface area contributed by atoms with E-state index in [1.165, 1.54) is 55.0 Å². The predicted octanol–water partition coefficient (Wildman–Crippen LogP) is 8.21. The second-order valence-electron chi connectivity index (χ2n) is 8.04. The molecule has 0 saturated carbocycles. The highest BCUT2D eigenvalue weighted by atomic mass is 19.4.